The minimum atomic E-state index is 0. The van der Waals surface area contributed by atoms with Gasteiger partial charge in [-0.1, -0.05) is 6.07 Å². The summed E-state index contributed by atoms with van der Waals surface area (Å²) in [4.78, 5) is 5.21. The van der Waals surface area contributed by atoms with Gasteiger partial charge in [0.25, 0.3) is 0 Å². The summed E-state index contributed by atoms with van der Waals surface area (Å²) in [6.07, 6.45) is 2.69. The van der Waals surface area contributed by atoms with Crippen molar-refractivity contribution in [3.8, 4) is 9.75 Å². The molecule has 0 spiro atoms. The summed E-state index contributed by atoms with van der Waals surface area (Å²) in [5.41, 5.74) is 0. The summed E-state index contributed by atoms with van der Waals surface area (Å²) in [7, 11) is 0. The van der Waals surface area contributed by atoms with Gasteiger partial charge in [-0.2, -0.15) is 12.1 Å². The van der Waals surface area contributed by atoms with E-state index < -0.39 is 0 Å². The molecule has 4 heteroatoms. The van der Waals surface area contributed by atoms with Crippen molar-refractivity contribution in [3.05, 3.63) is 29.6 Å². The molecule has 3 heterocycles. The maximum atomic E-state index is 3.14. The van der Waals surface area contributed by atoms with Crippen LogP contribution in [0.2, 0.25) is 0 Å². The maximum absolute atomic E-state index is 3.14. The van der Waals surface area contributed by atoms with Crippen LogP contribution in [0.5, 0.6) is 0 Å². The molecule has 0 atom stereocenters. The van der Waals surface area contributed by atoms with E-state index in [-0.39, 0.29) is 18.9 Å². The number of hydrogen-bond acceptors (Lipinski definition) is 3. The summed E-state index contributed by atoms with van der Waals surface area (Å²) < 4.78 is 0. The molecule has 2 aromatic heterocycles. The molecule has 1 aliphatic heterocycles. The number of thiophene rings is 2. The van der Waals surface area contributed by atoms with E-state index in [0.717, 1.165) is 0 Å². The van der Waals surface area contributed by atoms with Gasteiger partial charge < -0.3 is 4.90 Å². The van der Waals surface area contributed by atoms with E-state index in [0.29, 0.717) is 0 Å². The molecule has 0 N–H and O–H groups in total. The molecule has 16 heavy (non-hydrogen) atoms. The van der Waals surface area contributed by atoms with Crippen LogP contribution in [-0.2, 0) is 0 Å². The average molecular weight is 241 g/mol. The molecule has 0 aromatic carbocycles. The van der Waals surface area contributed by atoms with Gasteiger partial charge in [0.05, 0.1) is 5.00 Å². The van der Waals surface area contributed by atoms with Crippen molar-refractivity contribution < 1.29 is 18.9 Å². The molecular formula is C12H12LiNS2. The number of nitrogens with zero attached hydrogens (tertiary/aromatic N) is 1. The third-order valence-corrected chi connectivity index (χ3v) is 4.86. The normalized spacial score (nSPS) is 15.1. The van der Waals surface area contributed by atoms with Crippen LogP contribution in [0.25, 0.3) is 9.75 Å². The molecular weight excluding hydrogens is 229 g/mol. The quantitative estimate of drug-likeness (QED) is 0.557. The van der Waals surface area contributed by atoms with Crippen LogP contribution in [0.1, 0.15) is 12.8 Å². The maximum Gasteiger partial charge on any atom is 1.00 e. The summed E-state index contributed by atoms with van der Waals surface area (Å²) in [6, 6.07) is 8.63. The van der Waals surface area contributed by atoms with Crippen molar-refractivity contribution in [2.24, 2.45) is 0 Å². The summed E-state index contributed by atoms with van der Waals surface area (Å²) in [5, 5.41) is 4.57. The summed E-state index contributed by atoms with van der Waals surface area (Å²) in [5.74, 6) is 0. The summed E-state index contributed by atoms with van der Waals surface area (Å²) in [6.45, 7) is 2.47. The molecule has 1 fully saturated rings. The zero-order chi connectivity index (χ0) is 10.1. The van der Waals surface area contributed by atoms with Gasteiger partial charge in [0.15, 0.2) is 0 Å². The second-order valence-corrected chi connectivity index (χ2v) is 5.69. The number of anilines is 1. The monoisotopic (exact) mass is 241 g/mol. The molecule has 0 unspecified atom stereocenters. The van der Waals surface area contributed by atoms with E-state index in [1.807, 2.05) is 17.4 Å². The molecule has 3 rings (SSSR count). The molecule has 78 valence electrons. The zero-order valence-electron chi connectivity index (χ0n) is 9.40. The molecule has 1 aliphatic rings. The molecule has 0 amide bonds. The first kappa shape index (κ1) is 12.3. The van der Waals surface area contributed by atoms with Gasteiger partial charge in [-0.15, -0.1) is 21.6 Å². The van der Waals surface area contributed by atoms with Crippen molar-refractivity contribution in [1.29, 1.82) is 0 Å². The fourth-order valence-electron chi connectivity index (χ4n) is 1.94. The first-order valence-corrected chi connectivity index (χ1v) is 6.88. The SMILES string of the molecule is [Li+].[c-]1ccc(-c2ccc(N3CCCC3)s2)s1. The minimum absolute atomic E-state index is 0. The van der Waals surface area contributed by atoms with Crippen LogP contribution in [0, 0.1) is 5.38 Å². The van der Waals surface area contributed by atoms with Crippen molar-refractivity contribution in [1.82, 2.24) is 0 Å². The zero-order valence-corrected chi connectivity index (χ0v) is 11.0. The van der Waals surface area contributed by atoms with E-state index in [1.165, 1.54) is 40.7 Å². The molecule has 2 aromatic rings. The van der Waals surface area contributed by atoms with Crippen LogP contribution in [0.3, 0.4) is 0 Å². The van der Waals surface area contributed by atoms with Crippen LogP contribution in [0.4, 0.5) is 5.00 Å². The first-order chi connectivity index (χ1) is 7.43. The van der Waals surface area contributed by atoms with E-state index in [1.54, 1.807) is 11.3 Å². The van der Waals surface area contributed by atoms with E-state index in [9.17, 15) is 0 Å². The Bertz CT molecular complexity index is 430. The minimum Gasteiger partial charge on any atom is -0.363 e. The van der Waals surface area contributed by atoms with Gasteiger partial charge in [-0.05, 0) is 23.8 Å². The molecule has 0 bridgehead atoms. The summed E-state index contributed by atoms with van der Waals surface area (Å²) >= 11 is 3.60. The predicted molar refractivity (Wildman–Crippen MR) is 67.9 cm³/mol. The fourth-order valence-corrected chi connectivity index (χ4v) is 3.74. The third kappa shape index (κ3) is 2.38. The Kier molecular flexibility index (Phi) is 4.15. The van der Waals surface area contributed by atoms with Gasteiger partial charge in [0.2, 0.25) is 0 Å². The Morgan fingerprint density at radius 1 is 1.06 bits per heavy atom. The van der Waals surface area contributed by atoms with E-state index >= 15 is 0 Å². The van der Waals surface area contributed by atoms with Crippen LogP contribution >= 0.6 is 22.7 Å². The molecule has 0 aliphatic carbocycles. The van der Waals surface area contributed by atoms with Gasteiger partial charge >= 0.3 is 18.9 Å². The van der Waals surface area contributed by atoms with Gasteiger partial charge in [-0.3, -0.25) is 11.3 Å². The molecule has 1 nitrogen and oxygen atoms in total. The fraction of sp³-hybridized carbons (Fsp3) is 0.333. The van der Waals surface area contributed by atoms with E-state index in [4.69, 9.17) is 0 Å². The van der Waals surface area contributed by atoms with Crippen molar-refractivity contribution in [2.45, 2.75) is 12.8 Å². The van der Waals surface area contributed by atoms with Crippen LogP contribution < -0.4 is 23.8 Å². The topological polar surface area (TPSA) is 3.24 Å². The molecule has 0 radical (unpaired) electrons. The standard InChI is InChI=1S/C12H12NS2.Li/c1-2-8-13(7-1)12-6-5-11(15-12)10-4-3-9-14-10;/h3-6H,1-2,7-8H2;/q-1;+1. The van der Waals surface area contributed by atoms with Gasteiger partial charge in [0.1, 0.15) is 0 Å². The molecule has 0 saturated carbocycles. The van der Waals surface area contributed by atoms with E-state index in [2.05, 4.69) is 28.5 Å². The van der Waals surface area contributed by atoms with Crippen molar-refractivity contribution in [3.63, 3.8) is 0 Å². The van der Waals surface area contributed by atoms with Crippen LogP contribution in [-0.4, -0.2) is 13.1 Å². The smallest absolute Gasteiger partial charge is 0.363 e. The third-order valence-electron chi connectivity index (χ3n) is 2.72. The Labute approximate surface area is 116 Å². The van der Waals surface area contributed by atoms with Crippen molar-refractivity contribution >= 4 is 27.7 Å². The van der Waals surface area contributed by atoms with Crippen molar-refractivity contribution in [2.75, 3.05) is 18.0 Å². The first-order valence-electron chi connectivity index (χ1n) is 5.24. The average Bonchev–Trinajstić information content (AvgIpc) is 3.02. The Morgan fingerprint density at radius 2 is 1.88 bits per heavy atom. The Hall–Kier alpha value is -0.203. The predicted octanol–water partition coefficient (Wildman–Crippen LogP) is 0.881. The molecule has 1 saturated heterocycles. The number of hydrogen-bond donors (Lipinski definition) is 0. The van der Waals surface area contributed by atoms with Crippen LogP contribution in [0.15, 0.2) is 24.3 Å². The Balaban J connectivity index is 0.000000963. The Morgan fingerprint density at radius 3 is 2.56 bits per heavy atom. The largest absolute Gasteiger partial charge is 1.00 e. The number of rotatable bonds is 2. The van der Waals surface area contributed by atoms with Gasteiger partial charge in [-0.25, -0.2) is 0 Å². The second kappa shape index (κ2) is 5.42. The van der Waals surface area contributed by atoms with Gasteiger partial charge in [0, 0.05) is 13.1 Å². The second-order valence-electron chi connectivity index (χ2n) is 3.75.